The fraction of sp³-hybridized carbons (Fsp3) is 0.562. The van der Waals surface area contributed by atoms with E-state index >= 15 is 0 Å². The van der Waals surface area contributed by atoms with Gasteiger partial charge in [-0.15, -0.1) is 0 Å². The number of hydrogen-bond donors (Lipinski definition) is 4. The van der Waals surface area contributed by atoms with Crippen LogP contribution in [0, 0.1) is 0 Å². The van der Waals surface area contributed by atoms with Crippen LogP contribution in [0.2, 0.25) is 0 Å². The number of ketones is 2. The average molecular weight is 579 g/mol. The predicted octanol–water partition coefficient (Wildman–Crippen LogP) is 3.21. The molecule has 6 N–H and O–H groups in total. The van der Waals surface area contributed by atoms with Crippen LogP contribution in [-0.2, 0) is 22.4 Å². The number of nitrogens with zero attached hydrogens (tertiary/aromatic N) is 2. The number of piperazine rings is 1. The molecule has 10 heteroatoms. The van der Waals surface area contributed by atoms with Gasteiger partial charge in [0.15, 0.2) is 11.6 Å². The Balaban J connectivity index is 1.37. The minimum Gasteiger partial charge on any atom is -0.343 e. The highest BCUT2D eigenvalue weighted by molar-refractivity contribution is 5.99. The van der Waals surface area contributed by atoms with Crippen molar-refractivity contribution >= 4 is 23.4 Å². The minimum absolute atomic E-state index is 0.231. The van der Waals surface area contributed by atoms with Crippen LogP contribution < -0.4 is 22.1 Å². The summed E-state index contributed by atoms with van der Waals surface area (Å²) in [6, 6.07) is 4.45. The molecule has 2 amide bonds. The van der Waals surface area contributed by atoms with E-state index in [9.17, 15) is 19.2 Å². The molecule has 4 unspecified atom stereocenters. The fourth-order valence-corrected chi connectivity index (χ4v) is 5.01. The molecule has 1 fully saturated rings. The molecule has 228 valence electrons. The number of carbonyl (C=O) groups is 4. The maximum atomic E-state index is 12.7. The van der Waals surface area contributed by atoms with Crippen molar-refractivity contribution in [3.63, 3.8) is 0 Å². The van der Waals surface area contributed by atoms with Crippen molar-refractivity contribution in [1.82, 2.24) is 20.6 Å². The van der Waals surface area contributed by atoms with Gasteiger partial charge in [-0.2, -0.15) is 0 Å². The van der Waals surface area contributed by atoms with Gasteiger partial charge in [-0.25, -0.2) is 0 Å². The summed E-state index contributed by atoms with van der Waals surface area (Å²) < 4.78 is 0. The number of rotatable bonds is 18. The first-order valence-electron chi connectivity index (χ1n) is 15.3. The summed E-state index contributed by atoms with van der Waals surface area (Å²) in [4.78, 5) is 59.2. The van der Waals surface area contributed by atoms with E-state index in [1.807, 2.05) is 12.1 Å². The monoisotopic (exact) mass is 578 g/mol. The molecule has 4 atom stereocenters. The number of Topliss-reactive ketones (excluding diaryl/α,β-unsaturated/α-hetero) is 2. The highest BCUT2D eigenvalue weighted by Gasteiger charge is 2.33. The zero-order valence-electron chi connectivity index (χ0n) is 24.9. The van der Waals surface area contributed by atoms with E-state index in [0.29, 0.717) is 49.9 Å². The van der Waals surface area contributed by atoms with Gasteiger partial charge in [-0.05, 0) is 87.5 Å². The highest BCUT2D eigenvalue weighted by atomic mass is 16.2. The first-order chi connectivity index (χ1) is 20.2. The third-order valence-electron chi connectivity index (χ3n) is 7.75. The largest absolute Gasteiger partial charge is 0.343 e. The number of hydrogen-bond acceptors (Lipinski definition) is 8. The molecule has 0 aliphatic carbocycles. The summed E-state index contributed by atoms with van der Waals surface area (Å²) in [5.74, 6) is -0.996. The minimum atomic E-state index is -0.727. The van der Waals surface area contributed by atoms with Crippen LogP contribution >= 0.6 is 0 Å². The maximum Gasteiger partial charge on any atom is 0.243 e. The summed E-state index contributed by atoms with van der Waals surface area (Å²) in [5, 5.41) is 5.57. The number of pyridine rings is 2. The molecule has 1 aliphatic rings. The second-order valence-corrected chi connectivity index (χ2v) is 11.2. The molecule has 0 radical (unpaired) electrons. The predicted molar refractivity (Wildman–Crippen MR) is 162 cm³/mol. The van der Waals surface area contributed by atoms with E-state index in [1.165, 1.54) is 0 Å². The average Bonchev–Trinajstić information content (AvgIpc) is 3.00. The van der Waals surface area contributed by atoms with E-state index in [2.05, 4.69) is 34.4 Å². The number of aryl methyl sites for hydroxylation is 2. The van der Waals surface area contributed by atoms with Crippen molar-refractivity contribution in [2.75, 3.05) is 0 Å². The Morgan fingerprint density at radius 3 is 1.45 bits per heavy atom. The lowest BCUT2D eigenvalue weighted by Crippen LogP contribution is -2.61. The molecular formula is C32H46N6O4. The molecular weight excluding hydrogens is 532 g/mol. The molecule has 2 aromatic rings. The van der Waals surface area contributed by atoms with Crippen molar-refractivity contribution in [2.45, 2.75) is 115 Å². The van der Waals surface area contributed by atoms with Gasteiger partial charge in [-0.3, -0.25) is 29.1 Å². The standard InChI is InChI=1S/C32H46N6O4/c1-3-5-9-21-15-17-25(35-19-21)29(39)23(33)11-7-13-27-31(41)38-28(32(42)37-27)14-8-12-24(34)30(40)26-18-16-22(20-36-26)10-6-4-2/h15-20,23-24,27-28H,3-14,33-34H2,1-2H3,(H,37,42)(H,38,41). The molecule has 0 aromatic carbocycles. The zero-order valence-corrected chi connectivity index (χ0v) is 24.9. The van der Waals surface area contributed by atoms with Crippen LogP contribution in [0.4, 0.5) is 0 Å². The van der Waals surface area contributed by atoms with Crippen molar-refractivity contribution in [3.8, 4) is 0 Å². The Hall–Kier alpha value is -3.50. The van der Waals surface area contributed by atoms with Crippen LogP contribution in [0.25, 0.3) is 0 Å². The van der Waals surface area contributed by atoms with Crippen LogP contribution in [-0.4, -0.2) is 57.5 Å². The second-order valence-electron chi connectivity index (χ2n) is 11.2. The lowest BCUT2D eigenvalue weighted by atomic mass is 9.97. The smallest absolute Gasteiger partial charge is 0.243 e. The molecule has 0 bridgehead atoms. The highest BCUT2D eigenvalue weighted by Crippen LogP contribution is 2.15. The summed E-state index contributed by atoms with van der Waals surface area (Å²) in [7, 11) is 0. The van der Waals surface area contributed by atoms with Crippen molar-refractivity contribution in [3.05, 3.63) is 59.2 Å². The van der Waals surface area contributed by atoms with Crippen LogP contribution in [0.3, 0.4) is 0 Å². The third kappa shape index (κ3) is 9.80. The molecule has 2 aromatic heterocycles. The lowest BCUT2D eigenvalue weighted by Gasteiger charge is -2.30. The molecule has 1 saturated heterocycles. The van der Waals surface area contributed by atoms with E-state index in [4.69, 9.17) is 11.5 Å². The van der Waals surface area contributed by atoms with Gasteiger partial charge in [0.1, 0.15) is 23.5 Å². The van der Waals surface area contributed by atoms with Gasteiger partial charge in [-0.1, -0.05) is 38.8 Å². The van der Waals surface area contributed by atoms with E-state index in [0.717, 1.165) is 49.7 Å². The van der Waals surface area contributed by atoms with Gasteiger partial charge in [0.05, 0.1) is 12.1 Å². The van der Waals surface area contributed by atoms with Gasteiger partial charge < -0.3 is 22.1 Å². The normalized spacial score (nSPS) is 18.2. The number of nitrogens with two attached hydrogens (primary N) is 2. The Kier molecular flexibility index (Phi) is 13.2. The number of aromatic nitrogens is 2. The SMILES string of the molecule is CCCCc1ccc(C(=O)C(N)CCCC2NC(=O)C(CCCC(N)C(=O)c3ccc(CCCC)cn3)NC2=O)nc1. The van der Waals surface area contributed by atoms with Gasteiger partial charge in [0.2, 0.25) is 11.8 Å². The fourth-order valence-electron chi connectivity index (χ4n) is 5.01. The first kappa shape index (κ1) is 33.0. The molecule has 0 saturated carbocycles. The van der Waals surface area contributed by atoms with E-state index in [1.54, 1.807) is 24.5 Å². The van der Waals surface area contributed by atoms with Crippen molar-refractivity contribution < 1.29 is 19.2 Å². The maximum absolute atomic E-state index is 12.7. The summed E-state index contributed by atoms with van der Waals surface area (Å²) in [6.45, 7) is 4.25. The Morgan fingerprint density at radius 1 is 0.714 bits per heavy atom. The molecule has 10 nitrogen and oxygen atoms in total. The number of unbranched alkanes of at least 4 members (excludes halogenated alkanes) is 2. The Bertz CT molecular complexity index is 1090. The van der Waals surface area contributed by atoms with Crippen molar-refractivity contribution in [1.29, 1.82) is 0 Å². The second kappa shape index (κ2) is 16.8. The Morgan fingerprint density at radius 2 is 1.12 bits per heavy atom. The number of amides is 2. The van der Waals surface area contributed by atoms with E-state index in [-0.39, 0.29) is 23.4 Å². The lowest BCUT2D eigenvalue weighted by molar-refractivity contribution is -0.137. The number of carbonyl (C=O) groups excluding carboxylic acids is 4. The first-order valence-corrected chi connectivity index (χ1v) is 15.3. The van der Waals surface area contributed by atoms with Gasteiger partial charge in [0.25, 0.3) is 0 Å². The summed E-state index contributed by atoms with van der Waals surface area (Å²) >= 11 is 0. The zero-order chi connectivity index (χ0) is 30.5. The van der Waals surface area contributed by atoms with Crippen molar-refractivity contribution in [2.24, 2.45) is 11.5 Å². The van der Waals surface area contributed by atoms with E-state index < -0.39 is 24.2 Å². The van der Waals surface area contributed by atoms with Crippen LogP contribution in [0.5, 0.6) is 0 Å². The topological polar surface area (TPSA) is 170 Å². The van der Waals surface area contributed by atoms with Gasteiger partial charge >= 0.3 is 0 Å². The Labute approximate surface area is 248 Å². The summed E-state index contributed by atoms with van der Waals surface area (Å²) in [5.41, 5.74) is 15.1. The van der Waals surface area contributed by atoms with Crippen LogP contribution in [0.1, 0.15) is 110 Å². The molecule has 1 aliphatic heterocycles. The van der Waals surface area contributed by atoms with Gasteiger partial charge in [0, 0.05) is 12.4 Å². The van der Waals surface area contributed by atoms with Crippen LogP contribution in [0.15, 0.2) is 36.7 Å². The summed E-state index contributed by atoms with van der Waals surface area (Å²) in [6.07, 6.45) is 12.1. The molecule has 0 spiro atoms. The third-order valence-corrected chi connectivity index (χ3v) is 7.75. The quantitative estimate of drug-likeness (QED) is 0.195. The molecule has 3 rings (SSSR count). The molecule has 42 heavy (non-hydrogen) atoms. The molecule has 3 heterocycles. The number of nitrogens with one attached hydrogen (secondary N) is 2.